The molecule has 5 nitrogen and oxygen atoms in total. The second kappa shape index (κ2) is 6.43. The van der Waals surface area contributed by atoms with Gasteiger partial charge in [-0.05, 0) is 24.8 Å². The Labute approximate surface area is 140 Å². The number of halogens is 1. The molecule has 0 radical (unpaired) electrons. The first-order chi connectivity index (χ1) is 11.4. The zero-order valence-electron chi connectivity index (χ0n) is 13.4. The van der Waals surface area contributed by atoms with Crippen LogP contribution in [0.2, 0.25) is 0 Å². The van der Waals surface area contributed by atoms with Gasteiger partial charge in [-0.2, -0.15) is 0 Å². The summed E-state index contributed by atoms with van der Waals surface area (Å²) in [4.78, 5) is 12.8. The minimum Gasteiger partial charge on any atom is -0.508 e. The van der Waals surface area contributed by atoms with Gasteiger partial charge < -0.3 is 20.2 Å². The van der Waals surface area contributed by atoms with E-state index in [1.54, 1.807) is 4.90 Å². The standard InChI is InChI=1S/C18H22FNO4/c19-14-6-2-1-5-13(14)18(7-3-4-8-18)11-20-9-12(17(23)24)16(22)15(21)10-20/h1,5,9-10,16,21-22H,2-4,6-8,11H2,(H,23,24). The number of aliphatic carboxylic acids is 1. The van der Waals surface area contributed by atoms with Crippen molar-refractivity contribution in [1.29, 1.82) is 0 Å². The third-order valence-corrected chi connectivity index (χ3v) is 5.15. The Kier molecular flexibility index (Phi) is 4.49. The smallest absolute Gasteiger partial charge is 0.336 e. The maximum absolute atomic E-state index is 14.4. The van der Waals surface area contributed by atoms with Gasteiger partial charge in [-0.15, -0.1) is 0 Å². The van der Waals surface area contributed by atoms with E-state index in [9.17, 15) is 24.5 Å². The molecule has 3 N–H and O–H groups in total. The van der Waals surface area contributed by atoms with Crippen LogP contribution in [0.15, 0.2) is 47.3 Å². The molecule has 24 heavy (non-hydrogen) atoms. The summed E-state index contributed by atoms with van der Waals surface area (Å²) >= 11 is 0. The summed E-state index contributed by atoms with van der Waals surface area (Å²) in [5.41, 5.74) is 0.0347. The van der Waals surface area contributed by atoms with Crippen LogP contribution in [0.3, 0.4) is 0 Å². The molecule has 1 unspecified atom stereocenters. The predicted octanol–water partition coefficient (Wildman–Crippen LogP) is 3.16. The van der Waals surface area contributed by atoms with Gasteiger partial charge in [0, 0.05) is 30.8 Å². The Hall–Kier alpha value is -2.08. The number of hydrogen-bond donors (Lipinski definition) is 3. The van der Waals surface area contributed by atoms with Gasteiger partial charge in [0.15, 0.2) is 0 Å². The molecule has 1 aliphatic heterocycles. The Balaban J connectivity index is 1.92. The van der Waals surface area contributed by atoms with Crippen LogP contribution in [-0.4, -0.2) is 38.8 Å². The molecule has 0 spiro atoms. The topological polar surface area (TPSA) is 81.0 Å². The molecule has 0 amide bonds. The van der Waals surface area contributed by atoms with Crippen LogP contribution in [0.1, 0.15) is 38.5 Å². The number of aliphatic hydroxyl groups excluding tert-OH is 2. The SMILES string of the molecule is O=C(O)C1=CN(CC2(C3=C(F)CCC=C3)CCCC2)C=C(O)C1O. The molecule has 130 valence electrons. The van der Waals surface area contributed by atoms with Crippen molar-refractivity contribution in [3.8, 4) is 0 Å². The highest BCUT2D eigenvalue weighted by atomic mass is 19.1. The van der Waals surface area contributed by atoms with Crippen molar-refractivity contribution in [2.45, 2.75) is 44.6 Å². The second-order valence-electron chi connectivity index (χ2n) is 6.77. The fourth-order valence-electron chi connectivity index (χ4n) is 3.96. The van der Waals surface area contributed by atoms with Gasteiger partial charge in [0.05, 0.1) is 5.57 Å². The molecule has 0 saturated heterocycles. The van der Waals surface area contributed by atoms with Crippen molar-refractivity contribution in [1.82, 2.24) is 4.90 Å². The molecule has 3 rings (SSSR count). The van der Waals surface area contributed by atoms with Crippen molar-refractivity contribution < 1.29 is 24.5 Å². The summed E-state index contributed by atoms with van der Waals surface area (Å²) in [7, 11) is 0. The molecule has 1 heterocycles. The molecule has 1 fully saturated rings. The predicted molar refractivity (Wildman–Crippen MR) is 86.6 cm³/mol. The van der Waals surface area contributed by atoms with E-state index in [1.807, 2.05) is 12.2 Å². The molecular weight excluding hydrogens is 313 g/mol. The lowest BCUT2D eigenvalue weighted by Crippen LogP contribution is -2.36. The molecule has 1 saturated carbocycles. The van der Waals surface area contributed by atoms with Crippen LogP contribution in [0.4, 0.5) is 4.39 Å². The summed E-state index contributed by atoms with van der Waals surface area (Å²) in [6.45, 7) is 0.383. The zero-order chi connectivity index (χ0) is 17.3. The summed E-state index contributed by atoms with van der Waals surface area (Å²) < 4.78 is 14.4. The molecule has 2 aliphatic carbocycles. The van der Waals surface area contributed by atoms with Crippen molar-refractivity contribution in [2.75, 3.05) is 6.54 Å². The van der Waals surface area contributed by atoms with Gasteiger partial charge in [-0.3, -0.25) is 0 Å². The molecule has 0 bridgehead atoms. The summed E-state index contributed by atoms with van der Waals surface area (Å²) in [6, 6.07) is 0. The lowest BCUT2D eigenvalue weighted by Gasteiger charge is -2.37. The van der Waals surface area contributed by atoms with Crippen molar-refractivity contribution in [3.63, 3.8) is 0 Å². The highest BCUT2D eigenvalue weighted by Gasteiger charge is 2.41. The highest BCUT2D eigenvalue weighted by Crippen LogP contribution is 2.48. The van der Waals surface area contributed by atoms with Crippen LogP contribution in [-0.2, 0) is 4.79 Å². The number of nitrogens with zero attached hydrogens (tertiary/aromatic N) is 1. The Morgan fingerprint density at radius 2 is 2.04 bits per heavy atom. The van der Waals surface area contributed by atoms with E-state index in [4.69, 9.17) is 0 Å². The number of allylic oxidation sites excluding steroid dienone is 3. The summed E-state index contributed by atoms with van der Waals surface area (Å²) in [6.07, 6.45) is 9.71. The summed E-state index contributed by atoms with van der Waals surface area (Å²) in [5.74, 6) is -1.78. The van der Waals surface area contributed by atoms with Crippen LogP contribution in [0.25, 0.3) is 0 Å². The molecule has 1 atom stereocenters. The fourth-order valence-corrected chi connectivity index (χ4v) is 3.96. The first kappa shape index (κ1) is 16.8. The highest BCUT2D eigenvalue weighted by molar-refractivity contribution is 5.88. The van der Waals surface area contributed by atoms with Gasteiger partial charge in [-0.1, -0.05) is 25.0 Å². The maximum atomic E-state index is 14.4. The third-order valence-electron chi connectivity index (χ3n) is 5.15. The van der Waals surface area contributed by atoms with Gasteiger partial charge in [0.1, 0.15) is 17.7 Å². The number of aliphatic hydroxyl groups is 2. The zero-order valence-corrected chi connectivity index (χ0v) is 13.4. The maximum Gasteiger partial charge on any atom is 0.336 e. The van der Waals surface area contributed by atoms with Gasteiger partial charge >= 0.3 is 5.97 Å². The molecular formula is C18H22FNO4. The van der Waals surface area contributed by atoms with E-state index < -0.39 is 17.8 Å². The molecule has 0 aromatic rings. The minimum atomic E-state index is -1.52. The first-order valence-corrected chi connectivity index (χ1v) is 8.28. The Bertz CT molecular complexity index is 656. The minimum absolute atomic E-state index is 0.0907. The first-order valence-electron chi connectivity index (χ1n) is 8.28. The van der Waals surface area contributed by atoms with Crippen LogP contribution in [0, 0.1) is 5.41 Å². The van der Waals surface area contributed by atoms with Crippen molar-refractivity contribution in [2.24, 2.45) is 5.41 Å². The number of rotatable bonds is 4. The quantitative estimate of drug-likeness (QED) is 0.735. The second-order valence-corrected chi connectivity index (χ2v) is 6.77. The summed E-state index contributed by atoms with van der Waals surface area (Å²) in [5, 5.41) is 28.8. The van der Waals surface area contributed by atoms with E-state index in [0.717, 1.165) is 25.7 Å². The average molecular weight is 335 g/mol. The van der Waals surface area contributed by atoms with Crippen molar-refractivity contribution in [3.05, 3.63) is 47.3 Å². The van der Waals surface area contributed by atoms with E-state index >= 15 is 0 Å². The van der Waals surface area contributed by atoms with Crippen LogP contribution >= 0.6 is 0 Å². The Morgan fingerprint density at radius 1 is 1.33 bits per heavy atom. The van der Waals surface area contributed by atoms with Crippen LogP contribution in [0.5, 0.6) is 0 Å². The fraction of sp³-hybridized carbons (Fsp3) is 0.500. The molecule has 0 aromatic heterocycles. The van der Waals surface area contributed by atoms with Gasteiger partial charge in [0.2, 0.25) is 0 Å². The number of carboxylic acids is 1. The number of carboxylic acid groups (broad SMARTS) is 1. The van der Waals surface area contributed by atoms with E-state index in [-0.39, 0.29) is 16.8 Å². The van der Waals surface area contributed by atoms with E-state index in [0.29, 0.717) is 25.0 Å². The normalized spacial score (nSPS) is 26.4. The van der Waals surface area contributed by atoms with E-state index in [2.05, 4.69) is 0 Å². The Morgan fingerprint density at radius 3 is 2.67 bits per heavy atom. The van der Waals surface area contributed by atoms with Crippen molar-refractivity contribution >= 4 is 5.97 Å². The molecule has 0 aromatic carbocycles. The average Bonchev–Trinajstić information content (AvgIpc) is 3.00. The monoisotopic (exact) mass is 335 g/mol. The lowest BCUT2D eigenvalue weighted by molar-refractivity contribution is -0.134. The molecule has 6 heteroatoms. The van der Waals surface area contributed by atoms with Crippen LogP contribution < -0.4 is 0 Å². The van der Waals surface area contributed by atoms with E-state index in [1.165, 1.54) is 12.4 Å². The van der Waals surface area contributed by atoms with Gasteiger partial charge in [0.25, 0.3) is 0 Å². The number of carbonyl (C=O) groups is 1. The third kappa shape index (κ3) is 2.98. The lowest BCUT2D eigenvalue weighted by atomic mass is 9.75. The van der Waals surface area contributed by atoms with Gasteiger partial charge in [-0.25, -0.2) is 9.18 Å². The molecule has 3 aliphatic rings. The number of hydrogen-bond acceptors (Lipinski definition) is 4. The largest absolute Gasteiger partial charge is 0.508 e.